The first kappa shape index (κ1) is 36.4. The number of hydrogen-bond acceptors (Lipinski definition) is 2. The molecule has 0 aromatic heterocycles. The van der Waals surface area contributed by atoms with Crippen LogP contribution >= 0.6 is 0 Å². The van der Waals surface area contributed by atoms with Crippen molar-refractivity contribution in [2.24, 2.45) is 5.92 Å². The van der Waals surface area contributed by atoms with E-state index in [-0.39, 0.29) is 70.9 Å². The SMILES string of the molecule is CCCC(C)CO.CCCCCO.[Cl-].[Cl-].[Mg+2].[Mg+2]. The van der Waals surface area contributed by atoms with Gasteiger partial charge in [0.05, 0.1) is 0 Å². The molecule has 1 unspecified atom stereocenters. The van der Waals surface area contributed by atoms with E-state index < -0.39 is 0 Å². The van der Waals surface area contributed by atoms with Gasteiger partial charge in [0, 0.05) is 13.2 Å². The molecule has 0 saturated heterocycles. The van der Waals surface area contributed by atoms with Crippen LogP contribution in [0.3, 0.4) is 0 Å². The van der Waals surface area contributed by atoms with Crippen LogP contribution in [0.4, 0.5) is 0 Å². The van der Waals surface area contributed by atoms with Gasteiger partial charge in [-0.3, -0.25) is 0 Å². The number of unbranched alkanes of at least 4 members (excludes halogenated alkanes) is 2. The molecule has 2 N–H and O–H groups in total. The topological polar surface area (TPSA) is 40.5 Å². The Balaban J connectivity index is -0.0000000290. The van der Waals surface area contributed by atoms with E-state index >= 15 is 0 Å². The van der Waals surface area contributed by atoms with Crippen LogP contribution in [0.15, 0.2) is 0 Å². The number of rotatable bonds is 6. The first-order chi connectivity index (χ1) is 6.22. The zero-order valence-corrected chi connectivity index (χ0v) is 15.9. The second-order valence-corrected chi connectivity index (χ2v) is 3.51. The van der Waals surface area contributed by atoms with Crippen LogP contribution in [0.5, 0.6) is 0 Å². The number of aliphatic hydroxyl groups excluding tert-OH is 2. The molecule has 1 atom stereocenters. The Bertz CT molecular complexity index is 87.9. The number of aliphatic hydroxyl groups is 2. The smallest absolute Gasteiger partial charge is 1.00 e. The summed E-state index contributed by atoms with van der Waals surface area (Å²) in [7, 11) is 0. The Morgan fingerprint density at radius 3 is 1.47 bits per heavy atom. The second-order valence-electron chi connectivity index (χ2n) is 3.51. The largest absolute Gasteiger partial charge is 2.00 e. The third-order valence-corrected chi connectivity index (χ3v) is 1.85. The van der Waals surface area contributed by atoms with Crippen LogP contribution in [0.25, 0.3) is 0 Å². The van der Waals surface area contributed by atoms with Crippen molar-refractivity contribution in [2.75, 3.05) is 13.2 Å². The molecule has 0 saturated carbocycles. The Hall–Kier alpha value is 2.03. The monoisotopic (exact) mass is 308 g/mol. The van der Waals surface area contributed by atoms with Gasteiger partial charge in [0.2, 0.25) is 0 Å². The number of halogens is 2. The molecule has 0 bridgehead atoms. The Morgan fingerprint density at radius 1 is 0.882 bits per heavy atom. The van der Waals surface area contributed by atoms with Crippen LogP contribution in [-0.2, 0) is 0 Å². The minimum absolute atomic E-state index is 0. The quantitative estimate of drug-likeness (QED) is 0.386. The first-order valence-electron chi connectivity index (χ1n) is 5.44. The van der Waals surface area contributed by atoms with Crippen molar-refractivity contribution >= 4 is 46.1 Å². The maximum atomic E-state index is 8.47. The van der Waals surface area contributed by atoms with Gasteiger partial charge in [0.15, 0.2) is 0 Å². The summed E-state index contributed by atoms with van der Waals surface area (Å²) in [6.45, 7) is 7.01. The minimum Gasteiger partial charge on any atom is -1.00 e. The molecule has 98 valence electrons. The van der Waals surface area contributed by atoms with Crippen LogP contribution in [0.2, 0.25) is 0 Å². The predicted octanol–water partition coefficient (Wildman–Crippen LogP) is -4.17. The maximum absolute atomic E-state index is 8.47. The van der Waals surface area contributed by atoms with Crippen LogP contribution in [0, 0.1) is 5.92 Å². The summed E-state index contributed by atoms with van der Waals surface area (Å²) in [6, 6.07) is 0. The summed E-state index contributed by atoms with van der Waals surface area (Å²) in [4.78, 5) is 0. The van der Waals surface area contributed by atoms with Gasteiger partial charge in [0.25, 0.3) is 0 Å². The summed E-state index contributed by atoms with van der Waals surface area (Å²) in [6.07, 6.45) is 5.66. The maximum Gasteiger partial charge on any atom is 2.00 e. The third-order valence-electron chi connectivity index (χ3n) is 1.85. The van der Waals surface area contributed by atoms with E-state index in [2.05, 4.69) is 20.8 Å². The van der Waals surface area contributed by atoms with Crippen LogP contribution in [-0.4, -0.2) is 69.5 Å². The summed E-state index contributed by atoms with van der Waals surface area (Å²) >= 11 is 0. The minimum atomic E-state index is 0. The molecular weight excluding hydrogens is 284 g/mol. The fourth-order valence-corrected chi connectivity index (χ4v) is 0.946. The van der Waals surface area contributed by atoms with Gasteiger partial charge in [-0.1, -0.05) is 40.0 Å². The molecule has 0 aliphatic carbocycles. The van der Waals surface area contributed by atoms with Crippen molar-refractivity contribution in [3.8, 4) is 0 Å². The van der Waals surface area contributed by atoms with Gasteiger partial charge in [-0.25, -0.2) is 0 Å². The standard InChI is InChI=1S/C6H14O.C5H12O.2ClH.2Mg/c1-3-4-6(2)5-7;1-2-3-4-5-6;;;;/h6-7H,3-5H2,1-2H3;6H,2-5H2,1H3;2*1H;;/q;;;;2*+2/p-2. The number of hydrogen-bond donors (Lipinski definition) is 2. The Morgan fingerprint density at radius 2 is 1.35 bits per heavy atom. The van der Waals surface area contributed by atoms with Crippen molar-refractivity contribution in [1.82, 2.24) is 0 Å². The van der Waals surface area contributed by atoms with E-state index in [4.69, 9.17) is 10.2 Å². The van der Waals surface area contributed by atoms with Gasteiger partial charge in [0.1, 0.15) is 0 Å². The molecule has 0 fully saturated rings. The Kier molecular flexibility index (Phi) is 77.4. The van der Waals surface area contributed by atoms with E-state index in [9.17, 15) is 0 Å². The average molecular weight is 310 g/mol. The fraction of sp³-hybridized carbons (Fsp3) is 1.00. The van der Waals surface area contributed by atoms with E-state index in [0.29, 0.717) is 19.1 Å². The molecule has 6 heteroatoms. The first-order valence-corrected chi connectivity index (χ1v) is 5.44. The molecule has 0 aromatic carbocycles. The van der Waals surface area contributed by atoms with Gasteiger partial charge in [-0.15, -0.1) is 0 Å². The molecule has 0 amide bonds. The zero-order chi connectivity index (χ0) is 10.5. The van der Waals surface area contributed by atoms with Crippen molar-refractivity contribution in [3.05, 3.63) is 0 Å². The molecule has 2 nitrogen and oxygen atoms in total. The third kappa shape index (κ3) is 46.1. The van der Waals surface area contributed by atoms with E-state index in [1.807, 2.05) is 0 Å². The summed E-state index contributed by atoms with van der Waals surface area (Å²) < 4.78 is 0. The molecule has 0 rings (SSSR count). The fourth-order valence-electron chi connectivity index (χ4n) is 0.946. The predicted molar refractivity (Wildman–Crippen MR) is 69.3 cm³/mol. The molecule has 0 radical (unpaired) electrons. The molecule has 0 spiro atoms. The average Bonchev–Trinajstić information content (AvgIpc) is 2.16. The van der Waals surface area contributed by atoms with Gasteiger partial charge < -0.3 is 35.0 Å². The second kappa shape index (κ2) is 36.1. The summed E-state index contributed by atoms with van der Waals surface area (Å²) in [5, 5.41) is 16.7. The van der Waals surface area contributed by atoms with Gasteiger partial charge in [-0.2, -0.15) is 0 Å². The summed E-state index contributed by atoms with van der Waals surface area (Å²) in [5.41, 5.74) is 0. The summed E-state index contributed by atoms with van der Waals surface area (Å²) in [5.74, 6) is 0.505. The van der Waals surface area contributed by atoms with Crippen molar-refractivity contribution < 1.29 is 35.0 Å². The van der Waals surface area contributed by atoms with E-state index in [1.54, 1.807) is 0 Å². The molecule has 0 aromatic rings. The van der Waals surface area contributed by atoms with Crippen LogP contribution in [0.1, 0.15) is 52.9 Å². The van der Waals surface area contributed by atoms with Crippen molar-refractivity contribution in [3.63, 3.8) is 0 Å². The molecule has 0 heterocycles. The van der Waals surface area contributed by atoms with E-state index in [0.717, 1.165) is 19.3 Å². The normalized spacial score (nSPS) is 9.00. The molecule has 0 aliphatic rings. The Labute approximate surface area is 152 Å². The molecule has 17 heavy (non-hydrogen) atoms. The van der Waals surface area contributed by atoms with Crippen molar-refractivity contribution in [2.45, 2.75) is 52.9 Å². The molecular formula is C11H26Cl2Mg2O2+2. The van der Waals surface area contributed by atoms with Crippen molar-refractivity contribution in [1.29, 1.82) is 0 Å². The zero-order valence-electron chi connectivity index (χ0n) is 11.6. The van der Waals surface area contributed by atoms with Gasteiger partial charge in [-0.05, 0) is 18.8 Å². The van der Waals surface area contributed by atoms with E-state index in [1.165, 1.54) is 12.8 Å². The van der Waals surface area contributed by atoms with Crippen LogP contribution < -0.4 is 24.8 Å². The van der Waals surface area contributed by atoms with Gasteiger partial charge >= 0.3 is 46.1 Å². The molecule has 0 aliphatic heterocycles.